The lowest BCUT2D eigenvalue weighted by atomic mass is 9.48. The summed E-state index contributed by atoms with van der Waals surface area (Å²) in [6, 6.07) is 0. The average molecular weight is 334 g/mol. The van der Waals surface area contributed by atoms with Gasteiger partial charge in [0.2, 0.25) is 6.29 Å². The van der Waals surface area contributed by atoms with Crippen LogP contribution in [0.5, 0.6) is 0 Å². The highest BCUT2D eigenvalue weighted by molar-refractivity contribution is 5.83. The third kappa shape index (κ3) is 2.22. The predicted octanol–water partition coefficient (Wildman–Crippen LogP) is 3.44. The van der Waals surface area contributed by atoms with Gasteiger partial charge in [0.15, 0.2) is 0 Å². The van der Waals surface area contributed by atoms with E-state index in [0.29, 0.717) is 35.7 Å². The summed E-state index contributed by atoms with van der Waals surface area (Å²) in [5.74, 6) is 1.54. The van der Waals surface area contributed by atoms with Crippen LogP contribution in [0, 0.1) is 28.6 Å². The molecule has 3 saturated carbocycles. The third-order valence-corrected chi connectivity index (χ3v) is 8.08. The van der Waals surface area contributed by atoms with Crippen LogP contribution < -0.4 is 0 Å². The first-order chi connectivity index (χ1) is 11.4. The molecule has 0 aromatic rings. The molecule has 0 radical (unpaired) electrons. The monoisotopic (exact) mass is 334 g/mol. The molecule has 7 atom stereocenters. The van der Waals surface area contributed by atoms with Gasteiger partial charge in [0.1, 0.15) is 0 Å². The summed E-state index contributed by atoms with van der Waals surface area (Å²) in [5.41, 5.74) is 1.39. The lowest BCUT2D eigenvalue weighted by Gasteiger charge is -2.57. The maximum atomic E-state index is 11.9. The molecule has 0 saturated heterocycles. The Balaban J connectivity index is 1.68. The Hall–Kier alpha value is -0.870. The van der Waals surface area contributed by atoms with E-state index in [4.69, 9.17) is 9.47 Å². The highest BCUT2D eigenvalue weighted by Gasteiger charge is 2.59. The molecule has 0 aromatic carbocycles. The molecule has 4 nitrogen and oxygen atoms in total. The van der Waals surface area contributed by atoms with E-state index in [-0.39, 0.29) is 11.4 Å². The van der Waals surface area contributed by atoms with Crippen LogP contribution in [0.1, 0.15) is 58.8 Å². The SMILES string of the molecule is CO[C@H]1CC[C@H]2[C@@H]3CCC4=CC(=O)OC(O)C[C@]4(C)[C@H]3CC[C@]12C. The minimum atomic E-state index is -0.974. The van der Waals surface area contributed by atoms with Gasteiger partial charge >= 0.3 is 5.97 Å². The predicted molar refractivity (Wildman–Crippen MR) is 90.0 cm³/mol. The van der Waals surface area contributed by atoms with Gasteiger partial charge < -0.3 is 14.6 Å². The maximum absolute atomic E-state index is 11.9. The molecule has 3 fully saturated rings. The average Bonchev–Trinajstić information content (AvgIpc) is 2.80. The minimum absolute atomic E-state index is 0.110. The number of fused-ring (bicyclic) bond motifs is 5. The van der Waals surface area contributed by atoms with Crippen molar-refractivity contribution in [1.29, 1.82) is 0 Å². The lowest BCUT2D eigenvalue weighted by molar-refractivity contribution is -0.167. The number of allylic oxidation sites excluding steroid dienone is 1. The van der Waals surface area contributed by atoms with Crippen LogP contribution in [0.25, 0.3) is 0 Å². The number of cyclic esters (lactones) is 1. The Labute approximate surface area is 144 Å². The number of hydrogen-bond acceptors (Lipinski definition) is 4. The smallest absolute Gasteiger partial charge is 0.333 e. The van der Waals surface area contributed by atoms with Gasteiger partial charge in [-0.3, -0.25) is 0 Å². The fourth-order valence-electron chi connectivity index (χ4n) is 6.90. The summed E-state index contributed by atoms with van der Waals surface area (Å²) >= 11 is 0. The second-order valence-corrected chi connectivity index (χ2v) is 8.94. The van der Waals surface area contributed by atoms with Crippen molar-refractivity contribution in [1.82, 2.24) is 0 Å². The highest BCUT2D eigenvalue weighted by atomic mass is 16.6. The van der Waals surface area contributed by atoms with Gasteiger partial charge in [-0.15, -0.1) is 0 Å². The standard InChI is InChI=1S/C20H30O4/c1-19-9-8-15-13(14(19)6-7-16(19)23-3)5-4-12-10-17(21)24-18(22)11-20(12,15)2/h10,13-16,18,22H,4-9,11H2,1-3H3/t13-,14-,15-,16-,18?,19-,20-/m0/s1. The Morgan fingerprint density at radius 3 is 2.75 bits per heavy atom. The van der Waals surface area contributed by atoms with Gasteiger partial charge in [0.05, 0.1) is 6.10 Å². The molecule has 1 heterocycles. The summed E-state index contributed by atoms with van der Waals surface area (Å²) in [4.78, 5) is 11.9. The van der Waals surface area contributed by atoms with Gasteiger partial charge in [-0.1, -0.05) is 19.4 Å². The minimum Gasteiger partial charge on any atom is -0.433 e. The van der Waals surface area contributed by atoms with Crippen LogP contribution in [0.3, 0.4) is 0 Å². The van der Waals surface area contributed by atoms with Gasteiger partial charge in [0, 0.05) is 19.6 Å². The molecular weight excluding hydrogens is 304 g/mol. The van der Waals surface area contributed by atoms with E-state index >= 15 is 0 Å². The van der Waals surface area contributed by atoms with E-state index in [2.05, 4.69) is 13.8 Å². The molecule has 1 N–H and O–H groups in total. The second-order valence-electron chi connectivity index (χ2n) is 8.94. The van der Waals surface area contributed by atoms with Crippen molar-refractivity contribution in [2.45, 2.75) is 71.2 Å². The number of carbonyl (C=O) groups excluding carboxylic acids is 1. The summed E-state index contributed by atoms with van der Waals surface area (Å²) in [6.07, 6.45) is 8.52. The number of methoxy groups -OCH3 is 1. The van der Waals surface area contributed by atoms with Crippen LogP contribution in [0.4, 0.5) is 0 Å². The molecule has 134 valence electrons. The number of aliphatic hydroxyl groups excluding tert-OH is 1. The molecule has 1 aliphatic heterocycles. The molecule has 24 heavy (non-hydrogen) atoms. The van der Waals surface area contributed by atoms with Crippen molar-refractivity contribution < 1.29 is 19.4 Å². The summed E-state index contributed by atoms with van der Waals surface area (Å²) in [7, 11) is 1.86. The Kier molecular flexibility index (Phi) is 3.85. The number of carbonyl (C=O) groups is 1. The number of hydrogen-bond donors (Lipinski definition) is 1. The topological polar surface area (TPSA) is 55.8 Å². The zero-order valence-corrected chi connectivity index (χ0v) is 15.1. The normalized spacial score (nSPS) is 50.9. The Morgan fingerprint density at radius 2 is 2.00 bits per heavy atom. The molecule has 4 rings (SSSR count). The lowest BCUT2D eigenvalue weighted by Crippen LogP contribution is -2.51. The molecule has 0 bridgehead atoms. The molecule has 1 unspecified atom stereocenters. The van der Waals surface area contributed by atoms with Crippen LogP contribution in [-0.2, 0) is 14.3 Å². The van der Waals surface area contributed by atoms with Crippen molar-refractivity contribution in [3.63, 3.8) is 0 Å². The summed E-state index contributed by atoms with van der Waals surface area (Å²) in [5, 5.41) is 10.2. The number of aliphatic hydroxyl groups is 1. The third-order valence-electron chi connectivity index (χ3n) is 8.08. The molecule has 4 heteroatoms. The van der Waals surface area contributed by atoms with Crippen molar-refractivity contribution >= 4 is 5.97 Å². The van der Waals surface area contributed by atoms with Crippen molar-refractivity contribution in [2.75, 3.05) is 7.11 Å². The van der Waals surface area contributed by atoms with Crippen LogP contribution in [-0.4, -0.2) is 30.6 Å². The van der Waals surface area contributed by atoms with E-state index < -0.39 is 6.29 Å². The fourth-order valence-corrected chi connectivity index (χ4v) is 6.90. The quantitative estimate of drug-likeness (QED) is 0.746. The number of rotatable bonds is 1. The van der Waals surface area contributed by atoms with E-state index in [1.807, 2.05) is 7.11 Å². The van der Waals surface area contributed by atoms with E-state index in [1.165, 1.54) is 24.8 Å². The van der Waals surface area contributed by atoms with Crippen LogP contribution >= 0.6 is 0 Å². The Morgan fingerprint density at radius 1 is 1.21 bits per heavy atom. The largest absolute Gasteiger partial charge is 0.433 e. The first-order valence-electron chi connectivity index (χ1n) is 9.51. The summed E-state index contributed by atoms with van der Waals surface area (Å²) in [6.45, 7) is 4.68. The Bertz CT molecular complexity index is 570. The van der Waals surface area contributed by atoms with Crippen molar-refractivity contribution in [3.8, 4) is 0 Å². The molecule has 0 aromatic heterocycles. The van der Waals surface area contributed by atoms with Gasteiger partial charge in [0.25, 0.3) is 0 Å². The molecule has 0 amide bonds. The molecule has 4 aliphatic rings. The second kappa shape index (κ2) is 5.57. The summed E-state index contributed by atoms with van der Waals surface area (Å²) < 4.78 is 10.9. The van der Waals surface area contributed by atoms with E-state index in [0.717, 1.165) is 19.3 Å². The van der Waals surface area contributed by atoms with E-state index in [1.54, 1.807) is 6.08 Å². The van der Waals surface area contributed by atoms with Crippen LogP contribution in [0.15, 0.2) is 11.6 Å². The fraction of sp³-hybridized carbons (Fsp3) is 0.850. The zero-order chi connectivity index (χ0) is 17.1. The first-order valence-corrected chi connectivity index (χ1v) is 9.51. The van der Waals surface area contributed by atoms with Gasteiger partial charge in [-0.05, 0) is 67.1 Å². The highest BCUT2D eigenvalue weighted by Crippen LogP contribution is 2.65. The van der Waals surface area contributed by atoms with E-state index in [9.17, 15) is 9.90 Å². The zero-order valence-electron chi connectivity index (χ0n) is 15.1. The van der Waals surface area contributed by atoms with Crippen molar-refractivity contribution in [2.24, 2.45) is 28.6 Å². The van der Waals surface area contributed by atoms with Crippen LogP contribution in [0.2, 0.25) is 0 Å². The van der Waals surface area contributed by atoms with Crippen molar-refractivity contribution in [3.05, 3.63) is 11.6 Å². The number of esters is 1. The molecule has 0 spiro atoms. The first kappa shape index (κ1) is 16.6. The maximum Gasteiger partial charge on any atom is 0.333 e. The van der Waals surface area contributed by atoms with Gasteiger partial charge in [-0.2, -0.15) is 0 Å². The number of ether oxygens (including phenoxy) is 2. The molecular formula is C20H30O4. The van der Waals surface area contributed by atoms with Gasteiger partial charge in [-0.25, -0.2) is 4.79 Å². The molecule has 3 aliphatic carbocycles.